The minimum absolute atomic E-state index is 0.0142. The smallest absolute Gasteiger partial charge is 0.447 e. The minimum atomic E-state index is -3.62. The number of nitrogens with one attached hydrogen (secondary N) is 2. The van der Waals surface area contributed by atoms with Crippen molar-refractivity contribution in [2.24, 2.45) is 0 Å². The number of carbonyl (C=O) groups excluding carboxylic acids is 2. The van der Waals surface area contributed by atoms with Crippen LogP contribution in [0.3, 0.4) is 0 Å². The van der Waals surface area contributed by atoms with Gasteiger partial charge in [-0.1, -0.05) is 36.4 Å². The van der Waals surface area contributed by atoms with Crippen molar-refractivity contribution >= 4 is 36.5 Å². The number of hydrogen-bond acceptors (Lipinski definition) is 8. The van der Waals surface area contributed by atoms with Crippen LogP contribution in [0.4, 0.5) is 24.2 Å². The van der Waals surface area contributed by atoms with E-state index in [-0.39, 0.29) is 25.3 Å². The van der Waals surface area contributed by atoms with Gasteiger partial charge in [0.2, 0.25) is 0 Å². The Labute approximate surface area is 236 Å². The Morgan fingerprint density at radius 2 is 1.78 bits per heavy atom. The lowest BCUT2D eigenvalue weighted by Crippen LogP contribution is -2.46. The first-order valence-electron chi connectivity index (χ1n) is 12.7. The Morgan fingerprint density at radius 3 is 2.51 bits per heavy atom. The molecule has 14 heteroatoms. The number of aromatic nitrogens is 1. The maximum Gasteiger partial charge on any atom is 0.474 e. The molecule has 0 saturated carbocycles. The van der Waals surface area contributed by atoms with Crippen LogP contribution >= 0.6 is 7.82 Å². The lowest BCUT2D eigenvalue weighted by molar-refractivity contribution is 0.110. The summed E-state index contributed by atoms with van der Waals surface area (Å²) in [5.74, 6) is -1.76. The number of unbranched alkanes of at least 4 members (excludes halogenated alkanes) is 1. The summed E-state index contributed by atoms with van der Waals surface area (Å²) in [5.41, 5.74) is -0.0142. The molecule has 1 unspecified atom stereocenters. The Bertz CT molecular complexity index is 1370. The lowest BCUT2D eigenvalue weighted by atomic mass is 10.1. The number of amides is 3. The first-order chi connectivity index (χ1) is 19.7. The molecule has 41 heavy (non-hydrogen) atoms. The monoisotopic (exact) mass is 594 g/mol. The number of benzene rings is 2. The second-order valence-corrected chi connectivity index (χ2v) is 10.8. The number of fused-ring (bicyclic) bond motifs is 1. The van der Waals surface area contributed by atoms with Gasteiger partial charge in [-0.2, -0.15) is 0 Å². The van der Waals surface area contributed by atoms with Crippen LogP contribution in [-0.4, -0.2) is 62.5 Å². The van der Waals surface area contributed by atoms with Gasteiger partial charge in [-0.25, -0.2) is 27.9 Å². The number of ether oxygens (including phenoxy) is 1. The molecule has 0 bridgehead atoms. The minimum Gasteiger partial charge on any atom is -0.447 e. The molecule has 3 amide bonds. The Morgan fingerprint density at radius 1 is 1.05 bits per heavy atom. The zero-order chi connectivity index (χ0) is 29.8. The molecule has 0 aliphatic rings. The van der Waals surface area contributed by atoms with Crippen LogP contribution in [0.1, 0.15) is 24.8 Å². The number of hydrogen-bond donors (Lipinski definition) is 2. The van der Waals surface area contributed by atoms with Gasteiger partial charge in [0.1, 0.15) is 12.4 Å². The lowest BCUT2D eigenvalue weighted by Gasteiger charge is -2.28. The molecule has 0 radical (unpaired) electrons. The fourth-order valence-electron chi connectivity index (χ4n) is 3.84. The van der Waals surface area contributed by atoms with Crippen LogP contribution in [0.25, 0.3) is 10.8 Å². The molecule has 3 rings (SSSR count). The van der Waals surface area contributed by atoms with Crippen molar-refractivity contribution in [1.82, 2.24) is 15.2 Å². The van der Waals surface area contributed by atoms with Gasteiger partial charge < -0.3 is 15.0 Å². The van der Waals surface area contributed by atoms with E-state index >= 15 is 0 Å². The highest BCUT2D eigenvalue weighted by atomic mass is 31.2. The number of halogens is 2. The van der Waals surface area contributed by atoms with Gasteiger partial charge in [-0.3, -0.25) is 18.9 Å². The molecule has 1 heterocycles. The van der Waals surface area contributed by atoms with Crippen LogP contribution in [-0.2, 0) is 29.4 Å². The molecular formula is C27H33F2N4O7P. The summed E-state index contributed by atoms with van der Waals surface area (Å²) in [6.07, 6.45) is 2.16. The molecule has 2 N–H and O–H groups in total. The Hall–Kier alpha value is -3.64. The highest BCUT2D eigenvalue weighted by Gasteiger charge is 2.24. The number of carbonyl (C=O) groups is 2. The quantitative estimate of drug-likeness (QED) is 0.176. The second kappa shape index (κ2) is 15.4. The molecule has 0 spiro atoms. The Kier molecular flexibility index (Phi) is 12.0. The second-order valence-electron chi connectivity index (χ2n) is 8.92. The number of phosphoric ester groups is 1. The molecule has 0 aliphatic carbocycles. The molecule has 0 saturated heterocycles. The van der Waals surface area contributed by atoms with Gasteiger partial charge >= 0.3 is 19.9 Å². The summed E-state index contributed by atoms with van der Waals surface area (Å²) in [4.78, 5) is 30.9. The van der Waals surface area contributed by atoms with E-state index in [1.165, 1.54) is 38.3 Å². The van der Waals surface area contributed by atoms with Crippen molar-refractivity contribution in [3.8, 4) is 0 Å². The largest absolute Gasteiger partial charge is 0.474 e. The van der Waals surface area contributed by atoms with E-state index in [1.54, 1.807) is 12.3 Å². The van der Waals surface area contributed by atoms with E-state index in [0.29, 0.717) is 25.1 Å². The van der Waals surface area contributed by atoms with Crippen LogP contribution in [0.15, 0.2) is 54.7 Å². The van der Waals surface area contributed by atoms with E-state index in [0.717, 1.165) is 16.8 Å². The maximum atomic E-state index is 14.0. The van der Waals surface area contributed by atoms with Crippen LogP contribution in [0, 0.1) is 11.6 Å². The van der Waals surface area contributed by atoms with Gasteiger partial charge in [0, 0.05) is 45.0 Å². The molecule has 1 aromatic heterocycles. The average molecular weight is 595 g/mol. The first-order valence-corrected chi connectivity index (χ1v) is 14.2. The fourth-order valence-corrected chi connectivity index (χ4v) is 4.55. The standard InChI is InChI=1S/C27H33F2N4O7P/c1-33(26(34)31-17-21-11-8-13-23(28)25(21)29)22(12-6-7-14-40-41(36,37-2)38-3)18-39-27(35)32-24-15-19-9-4-5-10-20(19)16-30-24/h4-5,8-11,13,15-16,22H,6-7,12,14,17-18H2,1-3H3,(H,31,34)(H,30,32,35). The fraction of sp³-hybridized carbons (Fsp3) is 0.370. The molecule has 0 fully saturated rings. The van der Waals surface area contributed by atoms with E-state index in [9.17, 15) is 22.9 Å². The summed E-state index contributed by atoms with van der Waals surface area (Å²) in [5, 5.41) is 6.92. The van der Waals surface area contributed by atoms with Crippen LogP contribution < -0.4 is 10.6 Å². The summed E-state index contributed by atoms with van der Waals surface area (Å²) >= 11 is 0. The van der Waals surface area contributed by atoms with Crippen molar-refractivity contribution in [1.29, 1.82) is 0 Å². The van der Waals surface area contributed by atoms with E-state index in [4.69, 9.17) is 18.3 Å². The van der Waals surface area contributed by atoms with Gasteiger partial charge in [-0.15, -0.1) is 0 Å². The van der Waals surface area contributed by atoms with Crippen molar-refractivity contribution < 1.29 is 41.2 Å². The van der Waals surface area contributed by atoms with Crippen LogP contribution in [0.5, 0.6) is 0 Å². The predicted octanol–water partition coefficient (Wildman–Crippen LogP) is 5.86. The third-order valence-corrected chi connectivity index (χ3v) is 7.62. The molecular weight excluding hydrogens is 561 g/mol. The first kappa shape index (κ1) is 31.9. The van der Waals surface area contributed by atoms with Crippen molar-refractivity contribution in [2.75, 3.05) is 39.8 Å². The molecule has 1 atom stereocenters. The van der Waals surface area contributed by atoms with Gasteiger partial charge in [0.25, 0.3) is 0 Å². The average Bonchev–Trinajstić information content (AvgIpc) is 2.98. The van der Waals surface area contributed by atoms with Gasteiger partial charge in [0.15, 0.2) is 11.6 Å². The zero-order valence-corrected chi connectivity index (χ0v) is 23.9. The number of anilines is 1. The highest BCUT2D eigenvalue weighted by Crippen LogP contribution is 2.47. The highest BCUT2D eigenvalue weighted by molar-refractivity contribution is 7.48. The molecule has 0 aliphatic heterocycles. The third kappa shape index (κ3) is 9.46. The Balaban J connectivity index is 1.59. The van der Waals surface area contributed by atoms with Crippen molar-refractivity contribution in [2.45, 2.75) is 31.8 Å². The zero-order valence-electron chi connectivity index (χ0n) is 23.0. The molecule has 2 aromatic carbocycles. The third-order valence-electron chi connectivity index (χ3n) is 6.23. The number of phosphoric acid groups is 1. The summed E-state index contributed by atoms with van der Waals surface area (Å²) < 4.78 is 59.6. The number of nitrogens with zero attached hydrogens (tertiary/aromatic N) is 2. The summed E-state index contributed by atoms with van der Waals surface area (Å²) in [7, 11) is 0.294. The molecule has 222 valence electrons. The topological polar surface area (TPSA) is 128 Å². The number of pyridine rings is 1. The van der Waals surface area contributed by atoms with E-state index in [2.05, 4.69) is 15.6 Å². The van der Waals surface area contributed by atoms with Crippen LogP contribution in [0.2, 0.25) is 0 Å². The van der Waals surface area contributed by atoms with E-state index < -0.39 is 37.6 Å². The van der Waals surface area contributed by atoms with Gasteiger partial charge in [0.05, 0.1) is 12.6 Å². The van der Waals surface area contributed by atoms with Crippen molar-refractivity contribution in [3.63, 3.8) is 0 Å². The molecule has 3 aromatic rings. The SMILES string of the molecule is COP(=O)(OC)OCCCCC(COC(=O)Nc1cc2ccccc2cn1)N(C)C(=O)NCc1cccc(F)c1F. The number of rotatable bonds is 14. The van der Waals surface area contributed by atoms with Crippen molar-refractivity contribution in [3.05, 3.63) is 71.9 Å². The number of urea groups is 1. The summed E-state index contributed by atoms with van der Waals surface area (Å²) in [6.45, 7) is -0.353. The number of likely N-dealkylation sites (N-methyl/N-ethyl adjacent to an activating group) is 1. The maximum absolute atomic E-state index is 14.0. The molecule has 11 nitrogen and oxygen atoms in total. The van der Waals surface area contributed by atoms with Gasteiger partial charge in [-0.05, 0) is 36.8 Å². The summed E-state index contributed by atoms with van der Waals surface area (Å²) in [6, 6.07) is 11.7. The van der Waals surface area contributed by atoms with E-state index in [1.807, 2.05) is 24.3 Å². The predicted molar refractivity (Wildman–Crippen MR) is 148 cm³/mol. The normalized spacial score (nSPS) is 12.1.